The van der Waals surface area contributed by atoms with E-state index in [1.54, 1.807) is 0 Å². The second-order valence-electron chi connectivity index (χ2n) is 4.63. The molecule has 1 aliphatic heterocycles. The van der Waals surface area contributed by atoms with E-state index in [2.05, 4.69) is 0 Å². The number of carbonyl (C=O) groups excluding carboxylic acids is 1. The second-order valence-corrected chi connectivity index (χ2v) is 6.04. The third-order valence-electron chi connectivity index (χ3n) is 2.87. The third kappa shape index (κ3) is 7.13. The summed E-state index contributed by atoms with van der Waals surface area (Å²) in [5.74, 6) is -1.23. The molecule has 1 saturated heterocycles. The Bertz CT molecular complexity index is 404. The predicted molar refractivity (Wildman–Crippen MR) is 70.3 cm³/mol. The highest BCUT2D eigenvalue weighted by Crippen LogP contribution is 2.19. The summed E-state index contributed by atoms with van der Waals surface area (Å²) in [5, 5.41) is 0. The first-order valence-corrected chi connectivity index (χ1v) is 8.03. The van der Waals surface area contributed by atoms with Gasteiger partial charge in [-0.25, -0.2) is 0 Å². The number of ether oxygens (including phenoxy) is 2. The molecule has 1 aliphatic rings. The van der Waals surface area contributed by atoms with Crippen molar-refractivity contribution in [2.24, 2.45) is 11.7 Å². The number of hydrogen-bond donors (Lipinski definition) is 1. The van der Waals surface area contributed by atoms with E-state index in [9.17, 15) is 17.1 Å². The molecule has 1 rings (SSSR count). The summed E-state index contributed by atoms with van der Waals surface area (Å²) in [4.78, 5) is 13.1. The van der Waals surface area contributed by atoms with Gasteiger partial charge in [-0.1, -0.05) is 0 Å². The summed E-state index contributed by atoms with van der Waals surface area (Å²) in [6, 6.07) is 0. The summed E-state index contributed by atoms with van der Waals surface area (Å²) < 4.78 is 44.0. The topological polar surface area (TPSA) is 98.9 Å². The maximum Gasteiger partial charge on any atom is 0.302 e. The summed E-state index contributed by atoms with van der Waals surface area (Å²) in [5.41, 5.74) is 5.24. The fourth-order valence-corrected chi connectivity index (χ4v) is 2.83. The van der Waals surface area contributed by atoms with Crippen molar-refractivity contribution in [1.29, 1.82) is 0 Å². The molecule has 2 N–H and O–H groups in total. The van der Waals surface area contributed by atoms with Gasteiger partial charge in [0.05, 0.1) is 32.2 Å². The second kappa shape index (κ2) is 8.50. The number of hydrogen-bond acceptors (Lipinski definition) is 6. The standard InChI is InChI=1S/C11H21FN2O5S/c12-20(16,17)9-10-7-11(15)14(8-10)2-4-19-6-5-18-3-1-13/h10H,1-9,13H2. The Morgan fingerprint density at radius 2 is 1.90 bits per heavy atom. The molecule has 0 aliphatic carbocycles. The van der Waals surface area contributed by atoms with Gasteiger partial charge in [0, 0.05) is 32.0 Å². The third-order valence-corrected chi connectivity index (χ3v) is 3.74. The van der Waals surface area contributed by atoms with Gasteiger partial charge in [-0.05, 0) is 0 Å². The van der Waals surface area contributed by atoms with Crippen molar-refractivity contribution >= 4 is 16.1 Å². The van der Waals surface area contributed by atoms with Crippen LogP contribution in [-0.2, 0) is 24.5 Å². The highest BCUT2D eigenvalue weighted by Gasteiger charge is 2.32. The van der Waals surface area contributed by atoms with Gasteiger partial charge in [-0.15, -0.1) is 3.89 Å². The van der Waals surface area contributed by atoms with Gasteiger partial charge < -0.3 is 20.1 Å². The van der Waals surface area contributed by atoms with Crippen LogP contribution in [0.3, 0.4) is 0 Å². The van der Waals surface area contributed by atoms with E-state index in [-0.39, 0.29) is 18.9 Å². The zero-order valence-electron chi connectivity index (χ0n) is 11.3. The molecule has 118 valence electrons. The van der Waals surface area contributed by atoms with Crippen molar-refractivity contribution in [3.8, 4) is 0 Å². The highest BCUT2D eigenvalue weighted by molar-refractivity contribution is 7.86. The number of likely N-dealkylation sites (tertiary alicyclic amines) is 1. The zero-order valence-corrected chi connectivity index (χ0v) is 12.1. The van der Waals surface area contributed by atoms with E-state index in [0.29, 0.717) is 39.5 Å². The quantitative estimate of drug-likeness (QED) is 0.416. The molecule has 1 amide bonds. The molecule has 1 atom stereocenters. The molecular formula is C11H21FN2O5S. The van der Waals surface area contributed by atoms with E-state index >= 15 is 0 Å². The molecular weight excluding hydrogens is 291 g/mol. The fraction of sp³-hybridized carbons (Fsp3) is 0.909. The number of nitrogens with zero attached hydrogens (tertiary/aromatic N) is 1. The first-order valence-electron chi connectivity index (χ1n) is 6.48. The van der Waals surface area contributed by atoms with E-state index in [4.69, 9.17) is 15.2 Å². The Balaban J connectivity index is 2.14. The van der Waals surface area contributed by atoms with Crippen molar-refractivity contribution < 1.29 is 26.6 Å². The van der Waals surface area contributed by atoms with Crippen LogP contribution in [0.4, 0.5) is 3.89 Å². The Morgan fingerprint density at radius 1 is 1.25 bits per heavy atom. The predicted octanol–water partition coefficient (Wildman–Crippen LogP) is -0.874. The molecule has 1 fully saturated rings. The van der Waals surface area contributed by atoms with Crippen LogP contribution < -0.4 is 5.73 Å². The minimum atomic E-state index is -4.53. The van der Waals surface area contributed by atoms with Crippen molar-refractivity contribution in [3.63, 3.8) is 0 Å². The SMILES string of the molecule is NCCOCCOCCN1CC(CS(=O)(=O)F)CC1=O. The van der Waals surface area contributed by atoms with Crippen molar-refractivity contribution in [3.05, 3.63) is 0 Å². The van der Waals surface area contributed by atoms with Crippen LogP contribution >= 0.6 is 0 Å². The highest BCUT2D eigenvalue weighted by atomic mass is 32.3. The van der Waals surface area contributed by atoms with Crippen molar-refractivity contribution in [2.75, 3.05) is 51.8 Å². The van der Waals surface area contributed by atoms with E-state index in [1.165, 1.54) is 4.90 Å². The smallest absolute Gasteiger partial charge is 0.302 e. The number of rotatable bonds is 10. The lowest BCUT2D eigenvalue weighted by molar-refractivity contribution is -0.128. The molecule has 0 aromatic rings. The number of nitrogens with two attached hydrogens (primary N) is 1. The molecule has 20 heavy (non-hydrogen) atoms. The fourth-order valence-electron chi connectivity index (χ4n) is 2.04. The zero-order chi connectivity index (χ0) is 15.0. The van der Waals surface area contributed by atoms with Gasteiger partial charge in [-0.2, -0.15) is 8.42 Å². The van der Waals surface area contributed by atoms with E-state index in [1.807, 2.05) is 0 Å². The maximum absolute atomic E-state index is 12.5. The number of amides is 1. The maximum atomic E-state index is 12.5. The molecule has 1 unspecified atom stereocenters. The monoisotopic (exact) mass is 312 g/mol. The normalized spacial score (nSPS) is 19.8. The Morgan fingerprint density at radius 3 is 2.50 bits per heavy atom. The van der Waals surface area contributed by atoms with Crippen LogP contribution in [0.5, 0.6) is 0 Å². The molecule has 9 heteroatoms. The number of carbonyl (C=O) groups is 1. The van der Waals surface area contributed by atoms with Gasteiger partial charge in [0.15, 0.2) is 0 Å². The van der Waals surface area contributed by atoms with E-state index in [0.717, 1.165) is 0 Å². The van der Waals surface area contributed by atoms with Crippen LogP contribution in [0.1, 0.15) is 6.42 Å². The lowest BCUT2D eigenvalue weighted by atomic mass is 10.1. The molecule has 0 aromatic heterocycles. The average molecular weight is 312 g/mol. The van der Waals surface area contributed by atoms with Gasteiger partial charge in [0.1, 0.15) is 0 Å². The lowest BCUT2D eigenvalue weighted by Gasteiger charge is -2.16. The van der Waals surface area contributed by atoms with Crippen LogP contribution in [-0.4, -0.2) is 71.0 Å². The first kappa shape index (κ1) is 17.3. The van der Waals surface area contributed by atoms with Crippen LogP contribution in [0.25, 0.3) is 0 Å². The molecule has 0 bridgehead atoms. The van der Waals surface area contributed by atoms with Gasteiger partial charge >= 0.3 is 10.2 Å². The summed E-state index contributed by atoms with van der Waals surface area (Å²) in [6.07, 6.45) is 0.0722. The molecule has 0 radical (unpaired) electrons. The Kier molecular flexibility index (Phi) is 7.35. The molecule has 0 aromatic carbocycles. The lowest BCUT2D eigenvalue weighted by Crippen LogP contribution is -2.30. The molecule has 1 heterocycles. The minimum absolute atomic E-state index is 0.0722. The van der Waals surface area contributed by atoms with Crippen molar-refractivity contribution in [1.82, 2.24) is 4.90 Å². The largest absolute Gasteiger partial charge is 0.378 e. The molecule has 0 spiro atoms. The Hall–Kier alpha value is -0.770. The van der Waals surface area contributed by atoms with Crippen LogP contribution in [0.2, 0.25) is 0 Å². The van der Waals surface area contributed by atoms with Crippen molar-refractivity contribution in [2.45, 2.75) is 6.42 Å². The summed E-state index contributed by atoms with van der Waals surface area (Å²) in [6.45, 7) is 2.76. The summed E-state index contributed by atoms with van der Waals surface area (Å²) in [7, 11) is -4.53. The Labute approximate surface area is 118 Å². The van der Waals surface area contributed by atoms with Gasteiger partial charge in [0.25, 0.3) is 0 Å². The first-order chi connectivity index (χ1) is 9.42. The van der Waals surface area contributed by atoms with E-state index < -0.39 is 21.9 Å². The minimum Gasteiger partial charge on any atom is -0.378 e. The van der Waals surface area contributed by atoms with Gasteiger partial charge in [-0.3, -0.25) is 4.79 Å². The number of halogens is 1. The molecule has 7 nitrogen and oxygen atoms in total. The van der Waals surface area contributed by atoms with Crippen LogP contribution in [0.15, 0.2) is 0 Å². The van der Waals surface area contributed by atoms with Gasteiger partial charge in [0.2, 0.25) is 5.91 Å². The summed E-state index contributed by atoms with van der Waals surface area (Å²) >= 11 is 0. The average Bonchev–Trinajstić information content (AvgIpc) is 2.66. The molecule has 0 saturated carbocycles. The van der Waals surface area contributed by atoms with Crippen LogP contribution in [0, 0.1) is 5.92 Å².